The highest BCUT2D eigenvalue weighted by Crippen LogP contribution is 2.35. The predicted octanol–water partition coefficient (Wildman–Crippen LogP) is 5.29. The van der Waals surface area contributed by atoms with E-state index in [9.17, 15) is 27.2 Å². The summed E-state index contributed by atoms with van der Waals surface area (Å²) in [6.45, 7) is 2.34. The van der Waals surface area contributed by atoms with Crippen LogP contribution in [0.5, 0.6) is 0 Å². The van der Waals surface area contributed by atoms with E-state index >= 15 is 4.39 Å². The molecule has 1 aliphatic rings. The fourth-order valence-corrected chi connectivity index (χ4v) is 7.09. The summed E-state index contributed by atoms with van der Waals surface area (Å²) >= 11 is 6.35. The number of alkyl halides is 1. The lowest BCUT2D eigenvalue weighted by Crippen LogP contribution is -2.44. The summed E-state index contributed by atoms with van der Waals surface area (Å²) in [7, 11) is -1.15. The molecule has 1 fully saturated rings. The molecule has 51 heavy (non-hydrogen) atoms. The van der Waals surface area contributed by atoms with E-state index in [2.05, 4.69) is 20.4 Å². The summed E-state index contributed by atoms with van der Waals surface area (Å²) in [5.74, 6) is -2.09. The van der Waals surface area contributed by atoms with Gasteiger partial charge in [-0.15, -0.1) is 0 Å². The van der Waals surface area contributed by atoms with Crippen LogP contribution in [0.1, 0.15) is 29.7 Å². The molecule has 3 aromatic carbocycles. The number of nitrogens with zero attached hydrogens (tertiary/aromatic N) is 6. The van der Waals surface area contributed by atoms with Gasteiger partial charge < -0.3 is 10.2 Å². The minimum atomic E-state index is -3.87. The second-order valence-corrected chi connectivity index (χ2v) is 14.9. The van der Waals surface area contributed by atoms with Crippen molar-refractivity contribution in [2.75, 3.05) is 26.0 Å². The Labute approximate surface area is 297 Å². The van der Waals surface area contributed by atoms with Gasteiger partial charge in [-0.2, -0.15) is 5.10 Å². The average Bonchev–Trinajstić information content (AvgIpc) is 3.66. The maximum absolute atomic E-state index is 15.9. The van der Waals surface area contributed by atoms with Crippen molar-refractivity contribution in [3.63, 3.8) is 0 Å². The monoisotopic (exact) mass is 735 g/mol. The van der Waals surface area contributed by atoms with E-state index in [0.29, 0.717) is 16.7 Å². The fraction of sp³-hybridized carbons (Fsp3) is 0.257. The number of nitrogens with one attached hydrogen (secondary N) is 1. The van der Waals surface area contributed by atoms with Crippen LogP contribution in [-0.4, -0.2) is 87.8 Å². The molecule has 0 radical (unpaired) electrons. The number of hydrogen-bond acceptors (Lipinski definition) is 8. The number of likely N-dealkylation sites (tertiary alicyclic amines) is 1. The van der Waals surface area contributed by atoms with Gasteiger partial charge >= 0.3 is 0 Å². The second kappa shape index (κ2) is 13.9. The largest absolute Gasteiger partial charge is 0.326 e. The van der Waals surface area contributed by atoms with Crippen LogP contribution in [0, 0.1) is 12.7 Å². The number of carbonyl (C=O) groups is 3. The van der Waals surface area contributed by atoms with Gasteiger partial charge in [0.15, 0.2) is 11.6 Å². The lowest BCUT2D eigenvalue weighted by molar-refractivity contribution is -0.137. The van der Waals surface area contributed by atoms with E-state index in [1.807, 2.05) is 0 Å². The van der Waals surface area contributed by atoms with Crippen LogP contribution in [-0.2, 0) is 26.2 Å². The van der Waals surface area contributed by atoms with Gasteiger partial charge in [0.05, 0.1) is 22.6 Å². The van der Waals surface area contributed by atoms with Gasteiger partial charge in [0.25, 0.3) is 0 Å². The van der Waals surface area contributed by atoms with Crippen molar-refractivity contribution in [2.45, 2.75) is 43.9 Å². The zero-order chi connectivity index (χ0) is 36.8. The van der Waals surface area contributed by atoms with Crippen LogP contribution in [0.25, 0.3) is 33.2 Å². The number of Topliss-reactive ketones (excluding diaryl/α,β-unsaturated/α-hetero) is 1. The van der Waals surface area contributed by atoms with E-state index in [-0.39, 0.29) is 51.2 Å². The second-order valence-electron chi connectivity index (χ2n) is 12.3. The zero-order valence-corrected chi connectivity index (χ0v) is 29.5. The molecule has 12 nitrogen and oxygen atoms in total. The minimum absolute atomic E-state index is 0.0717. The van der Waals surface area contributed by atoms with E-state index in [1.165, 1.54) is 62.1 Å². The lowest BCUT2D eigenvalue weighted by atomic mass is 10.0. The molecule has 1 saturated heterocycles. The SMILES string of the molecule is CC(=O)c1nn(CC(=O)N2C[C@H](F)C[C@H]2C(=O)Nc2cccc(-c3cc(S(=O)(=O)N(C)C)ccc3Cl)c2F)c2ccc(-c3cnc(C)nc3)cc12. The summed E-state index contributed by atoms with van der Waals surface area (Å²) in [6, 6.07) is 11.9. The summed E-state index contributed by atoms with van der Waals surface area (Å²) in [5, 5.41) is 7.42. The van der Waals surface area contributed by atoms with Gasteiger partial charge in [-0.1, -0.05) is 29.8 Å². The molecule has 5 aromatic rings. The molecule has 0 aliphatic carbocycles. The molecule has 1 aliphatic heterocycles. The van der Waals surface area contributed by atoms with Gasteiger partial charge in [-0.3, -0.25) is 19.1 Å². The molecule has 0 bridgehead atoms. The molecule has 2 aromatic heterocycles. The maximum atomic E-state index is 15.9. The Morgan fingerprint density at radius 2 is 1.75 bits per heavy atom. The van der Waals surface area contributed by atoms with E-state index < -0.39 is 46.4 Å². The minimum Gasteiger partial charge on any atom is -0.326 e. The maximum Gasteiger partial charge on any atom is 0.247 e. The Hall–Kier alpha value is -5.12. The Morgan fingerprint density at radius 3 is 2.43 bits per heavy atom. The first kappa shape index (κ1) is 35.7. The van der Waals surface area contributed by atoms with Gasteiger partial charge in [-0.05, 0) is 48.9 Å². The zero-order valence-electron chi connectivity index (χ0n) is 27.9. The van der Waals surface area contributed by atoms with Crippen LogP contribution in [0.3, 0.4) is 0 Å². The summed E-state index contributed by atoms with van der Waals surface area (Å²) < 4.78 is 58.5. The molecule has 1 N–H and O–H groups in total. The Kier molecular flexibility index (Phi) is 9.72. The molecule has 2 atom stereocenters. The Bertz CT molecular complexity index is 2320. The third kappa shape index (κ3) is 6.96. The summed E-state index contributed by atoms with van der Waals surface area (Å²) in [5.41, 5.74) is 1.78. The third-order valence-electron chi connectivity index (χ3n) is 8.62. The van der Waals surface area contributed by atoms with E-state index in [4.69, 9.17) is 11.6 Å². The van der Waals surface area contributed by atoms with Crippen molar-refractivity contribution in [1.82, 2.24) is 29.0 Å². The first-order valence-corrected chi connectivity index (χ1v) is 17.5. The first-order valence-electron chi connectivity index (χ1n) is 15.7. The van der Waals surface area contributed by atoms with Gasteiger partial charge in [0.2, 0.25) is 21.8 Å². The standard InChI is InChI=1S/C35H32ClF2N7O5S/c1-19(46)34-27-12-21(22-15-39-20(2)40-16-22)8-11-30(27)45(42-34)18-32(47)44-17-23(37)13-31(44)35(48)41-29-7-5-6-25(33(29)38)26-14-24(9-10-28(26)36)51(49,50)43(3)4/h5-12,14-16,23,31H,13,17-18H2,1-4H3,(H,41,48)/t23-,31+/m1/s1. The van der Waals surface area contributed by atoms with Crippen LogP contribution in [0.4, 0.5) is 14.5 Å². The number of fused-ring (bicyclic) bond motifs is 1. The van der Waals surface area contributed by atoms with Gasteiger partial charge in [0.1, 0.15) is 30.3 Å². The Balaban J connectivity index is 1.25. The van der Waals surface area contributed by atoms with Gasteiger partial charge in [-0.25, -0.2) is 31.5 Å². The first-order chi connectivity index (χ1) is 24.1. The van der Waals surface area contributed by atoms with E-state index in [1.54, 1.807) is 37.5 Å². The molecule has 16 heteroatoms. The number of halogens is 3. The molecule has 6 rings (SSSR count). The number of anilines is 1. The van der Waals surface area contributed by atoms with Crippen LogP contribution >= 0.6 is 11.6 Å². The number of rotatable bonds is 9. The van der Waals surface area contributed by atoms with Gasteiger partial charge in [0, 0.05) is 66.9 Å². The van der Waals surface area contributed by atoms with Crippen LogP contribution in [0.2, 0.25) is 5.02 Å². The third-order valence-corrected chi connectivity index (χ3v) is 10.8. The van der Waals surface area contributed by atoms with Crippen molar-refractivity contribution in [3.05, 3.63) is 89.3 Å². The molecular weight excluding hydrogens is 704 g/mol. The molecule has 264 valence electrons. The molecule has 2 amide bonds. The average molecular weight is 736 g/mol. The Morgan fingerprint density at radius 1 is 1.02 bits per heavy atom. The van der Waals surface area contributed by atoms with Crippen molar-refractivity contribution in [2.24, 2.45) is 0 Å². The highest BCUT2D eigenvalue weighted by molar-refractivity contribution is 7.89. The highest BCUT2D eigenvalue weighted by Gasteiger charge is 2.40. The number of aryl methyl sites for hydroxylation is 1. The van der Waals surface area contributed by atoms with Crippen molar-refractivity contribution in [3.8, 4) is 22.3 Å². The number of amides is 2. The molecular formula is C35H32ClF2N7O5S. The van der Waals surface area contributed by atoms with Crippen molar-refractivity contribution >= 4 is 55.8 Å². The number of aromatic nitrogens is 4. The smallest absolute Gasteiger partial charge is 0.247 e. The number of hydrogen-bond donors (Lipinski definition) is 1. The summed E-state index contributed by atoms with van der Waals surface area (Å²) in [4.78, 5) is 49.1. The molecule has 0 saturated carbocycles. The normalized spacial score (nSPS) is 16.2. The van der Waals surface area contributed by atoms with Crippen LogP contribution in [0.15, 0.2) is 71.9 Å². The number of carbonyl (C=O) groups excluding carboxylic acids is 3. The quantitative estimate of drug-likeness (QED) is 0.201. The number of sulfonamides is 1. The van der Waals surface area contributed by atoms with Crippen molar-refractivity contribution < 1.29 is 31.6 Å². The predicted molar refractivity (Wildman–Crippen MR) is 187 cm³/mol. The van der Waals surface area contributed by atoms with Crippen LogP contribution < -0.4 is 5.32 Å². The van der Waals surface area contributed by atoms with Crippen molar-refractivity contribution in [1.29, 1.82) is 0 Å². The topological polar surface area (TPSA) is 147 Å². The van der Waals surface area contributed by atoms with E-state index in [0.717, 1.165) is 20.3 Å². The number of benzene rings is 3. The molecule has 0 spiro atoms. The fourth-order valence-electron chi connectivity index (χ4n) is 5.94. The molecule has 0 unspecified atom stereocenters. The number of ketones is 1. The summed E-state index contributed by atoms with van der Waals surface area (Å²) in [6.07, 6.45) is 1.47. The lowest BCUT2D eigenvalue weighted by Gasteiger charge is -2.24. The highest BCUT2D eigenvalue weighted by atomic mass is 35.5. The molecule has 3 heterocycles.